The third-order valence-corrected chi connectivity index (χ3v) is 31.3. The number of H-pyrrole nitrogens is 2. The first-order valence-electron chi connectivity index (χ1n) is 46.4. The molecule has 2 amide bonds. The van der Waals surface area contributed by atoms with Crippen LogP contribution in [0.5, 0.6) is 34.5 Å². The van der Waals surface area contributed by atoms with Gasteiger partial charge in [0.15, 0.2) is 0 Å². The summed E-state index contributed by atoms with van der Waals surface area (Å²) in [5, 5.41) is 27.9. The predicted molar refractivity (Wildman–Crippen MR) is 522 cm³/mol. The fraction of sp³-hybridized carbons (Fsp3) is 0.440. The molecule has 34 heteroatoms. The van der Waals surface area contributed by atoms with Crippen molar-refractivity contribution in [3.05, 3.63) is 233 Å². The Morgan fingerprint density at radius 1 is 0.515 bits per heavy atom. The molecule has 4 fully saturated rings. The second-order valence-corrected chi connectivity index (χ2v) is 43.2. The van der Waals surface area contributed by atoms with Crippen LogP contribution in [0.15, 0.2) is 179 Å². The number of nitrogens with one attached hydrogen (secondary N) is 4. The molecule has 0 saturated carbocycles. The number of hydrogen-bond donors (Lipinski definition) is 4. The molecule has 30 nitrogen and oxygen atoms in total. The Kier molecular flexibility index (Phi) is 28.3. The van der Waals surface area contributed by atoms with Crippen LogP contribution < -0.4 is 38.2 Å². The Bertz CT molecular complexity index is 5990. The van der Waals surface area contributed by atoms with Crippen LogP contribution in [0.2, 0.25) is 10.0 Å². The number of carbonyl (C=O) groups excluding carboxylic acids is 2. The average Bonchev–Trinajstić information content (AvgIpc) is 0.963. The molecule has 0 bridgehead atoms. The number of halogens is 2. The number of pyridine rings is 2. The molecule has 18 rings (SSSR count). The molecular formula is C100H118Cl2N16O14S2. The predicted octanol–water partition coefficient (Wildman–Crippen LogP) is 16.8. The van der Waals surface area contributed by atoms with Crippen molar-refractivity contribution in [1.82, 2.24) is 58.8 Å². The molecule has 708 valence electrons. The molecule has 134 heavy (non-hydrogen) atoms. The molecule has 0 radical (unpaired) electrons. The summed E-state index contributed by atoms with van der Waals surface area (Å²) in [5.74, 6) is -0.624. The third-order valence-electron chi connectivity index (χ3n) is 28.2. The zero-order valence-electron chi connectivity index (χ0n) is 77.2. The van der Waals surface area contributed by atoms with E-state index in [1.54, 1.807) is 60.9 Å². The lowest BCUT2D eigenvalue weighted by Crippen LogP contribution is -2.50. The molecule has 6 aromatic carbocycles. The Morgan fingerprint density at radius 2 is 0.903 bits per heavy atom. The van der Waals surface area contributed by atoms with Crippen molar-refractivity contribution in [2.75, 3.05) is 155 Å². The standard InChI is InChI=1S/2C50H59ClN8O7S/c2*1-33-30-56(18-17-55(33)4)16-13-34-23-43-45(59(61)62)26-41(27-46(43)65-32-34)67(63,64)54-49(60)42-10-9-39(25-47(42)66-40-24-36-12-15-52-48(36)53-29-40)58-21-19-57(20-22-58)31-37-11-14-50(2,3)28-44(37)35-5-7-38(51)8-6-35/h2*5-10,12,15,24-27,29,33-34H,11,13-14,16-23,28,30-32H2,1-4H3,(H,52,53)(H,54,60)/t33-,34+;33-,34-/m01/s1. The van der Waals surface area contributed by atoms with E-state index in [2.05, 4.69) is 148 Å². The van der Waals surface area contributed by atoms with Crippen molar-refractivity contribution in [1.29, 1.82) is 0 Å². The molecular weight excluding hydrogens is 1780 g/mol. The van der Waals surface area contributed by atoms with Crippen molar-refractivity contribution in [3.8, 4) is 34.5 Å². The number of fused-ring (bicyclic) bond motifs is 4. The molecule has 10 heterocycles. The number of likely N-dealkylation sites (N-methyl/N-ethyl adjacent to an activating group) is 2. The van der Waals surface area contributed by atoms with Crippen LogP contribution in [0.25, 0.3) is 33.2 Å². The Hall–Kier alpha value is -11.0. The highest BCUT2D eigenvalue weighted by atomic mass is 35.5. The number of nitrogens with zero attached hydrogens (tertiary/aromatic N) is 12. The van der Waals surface area contributed by atoms with Crippen LogP contribution in [-0.2, 0) is 32.9 Å². The number of nitro groups is 2. The van der Waals surface area contributed by atoms with Gasteiger partial charge < -0.3 is 58.3 Å². The normalized spacial score (nSPS) is 20.6. The van der Waals surface area contributed by atoms with E-state index in [0.29, 0.717) is 72.1 Å². The number of amides is 2. The summed E-state index contributed by atoms with van der Waals surface area (Å²) in [5.41, 5.74) is 11.5. The van der Waals surface area contributed by atoms with Crippen molar-refractivity contribution in [2.45, 2.75) is 128 Å². The Balaban J connectivity index is 0.000000187. The third kappa shape index (κ3) is 22.4. The number of sulfonamides is 2. The minimum atomic E-state index is -4.63. The summed E-state index contributed by atoms with van der Waals surface area (Å²) in [6, 6.07) is 39.3. The molecule has 4 saturated heterocycles. The quantitative estimate of drug-likeness (QED) is 0.0289. The zero-order valence-corrected chi connectivity index (χ0v) is 80.3. The number of ether oxygens (including phenoxy) is 4. The summed E-state index contributed by atoms with van der Waals surface area (Å²) in [7, 11) is -5.01. The van der Waals surface area contributed by atoms with Crippen LogP contribution in [-0.4, -0.2) is 245 Å². The van der Waals surface area contributed by atoms with Crippen LogP contribution in [0.4, 0.5) is 22.7 Å². The highest BCUT2D eigenvalue weighted by Crippen LogP contribution is 2.48. The number of piperazine rings is 4. The minimum absolute atomic E-state index is 0.0303. The number of rotatable bonds is 26. The summed E-state index contributed by atoms with van der Waals surface area (Å²) in [6.07, 6.45) is 15.3. The molecule has 0 spiro atoms. The SMILES string of the molecule is C[C@@H]1CN(CC[C@H]2COc3cc(S(=O)(=O)NC(=O)c4ccc(N5CCN(CC6=C(c7ccc(Cl)cc7)CC(C)(C)CC6)CC5)cc4Oc4cnc5[nH]ccc5c4)cc([N+](=O)[O-])c3C2)CCN1C.C[C@H]1CN(CC[C@H]2COc3cc(S(=O)(=O)NC(=O)c4ccc(N5CCN(CC6=C(c7ccc(Cl)cc7)CC(C)(C)CC6)CC5)cc4Oc4cnc5[nH]ccc5c4)cc([N+](=O)[O-])c3C2)CCN1C. The van der Waals surface area contributed by atoms with Gasteiger partial charge in [-0.2, -0.15) is 0 Å². The van der Waals surface area contributed by atoms with Gasteiger partial charge in [0.1, 0.15) is 45.8 Å². The summed E-state index contributed by atoms with van der Waals surface area (Å²) in [6.45, 7) is 29.8. The minimum Gasteiger partial charge on any atom is -0.493 e. The van der Waals surface area contributed by atoms with Crippen LogP contribution in [0.3, 0.4) is 0 Å². The van der Waals surface area contributed by atoms with Gasteiger partial charge in [-0.1, -0.05) is 86.3 Å². The number of aromatic amines is 2. The van der Waals surface area contributed by atoms with Gasteiger partial charge in [-0.05, 0) is 223 Å². The summed E-state index contributed by atoms with van der Waals surface area (Å²) < 4.78 is 85.1. The fourth-order valence-corrected chi connectivity index (χ4v) is 22.1. The van der Waals surface area contributed by atoms with E-state index in [0.717, 1.165) is 213 Å². The Morgan fingerprint density at radius 3 is 1.28 bits per heavy atom. The lowest BCUT2D eigenvalue weighted by Gasteiger charge is -2.39. The lowest BCUT2D eigenvalue weighted by atomic mass is 9.72. The maximum atomic E-state index is 14.1. The Labute approximate surface area is 792 Å². The number of benzene rings is 6. The molecule has 4 atom stereocenters. The van der Waals surface area contributed by atoms with Crippen LogP contribution in [0, 0.1) is 42.9 Å². The van der Waals surface area contributed by atoms with E-state index < -0.39 is 51.5 Å². The number of nitro benzene ring substituents is 2. The van der Waals surface area contributed by atoms with Crippen LogP contribution in [0.1, 0.15) is 136 Å². The summed E-state index contributed by atoms with van der Waals surface area (Å²) >= 11 is 12.5. The fourth-order valence-electron chi connectivity index (χ4n) is 19.8. The second kappa shape index (κ2) is 40.1. The monoisotopic (exact) mass is 1900 g/mol. The number of aromatic nitrogens is 4. The molecule has 4 N–H and O–H groups in total. The van der Waals surface area contributed by atoms with Crippen molar-refractivity contribution in [2.24, 2.45) is 22.7 Å². The second-order valence-electron chi connectivity index (χ2n) is 38.9. The van der Waals surface area contributed by atoms with E-state index in [-0.39, 0.29) is 68.2 Å². The van der Waals surface area contributed by atoms with Gasteiger partial charge in [0.2, 0.25) is 0 Å². The number of hydrogen-bond acceptors (Lipinski definition) is 24. The van der Waals surface area contributed by atoms with Gasteiger partial charge in [0.25, 0.3) is 43.2 Å². The maximum absolute atomic E-state index is 14.1. The first-order valence-corrected chi connectivity index (χ1v) is 50.1. The largest absolute Gasteiger partial charge is 0.493 e. The highest BCUT2D eigenvalue weighted by molar-refractivity contribution is 7.90. The van der Waals surface area contributed by atoms with Crippen molar-refractivity contribution >= 4 is 111 Å². The molecule has 10 aromatic rings. The van der Waals surface area contributed by atoms with Crippen LogP contribution >= 0.6 is 23.2 Å². The lowest BCUT2D eigenvalue weighted by molar-refractivity contribution is -0.386. The molecule has 4 aromatic heterocycles. The van der Waals surface area contributed by atoms with Gasteiger partial charge in [0, 0.05) is 198 Å². The van der Waals surface area contributed by atoms with Gasteiger partial charge in [-0.15, -0.1) is 0 Å². The average molecular weight is 1900 g/mol. The number of carbonyl (C=O) groups is 2. The van der Waals surface area contributed by atoms with E-state index in [9.17, 15) is 46.7 Å². The van der Waals surface area contributed by atoms with Crippen molar-refractivity contribution in [3.63, 3.8) is 0 Å². The van der Waals surface area contributed by atoms with Gasteiger partial charge >= 0.3 is 0 Å². The number of allylic oxidation sites excluding steroid dienone is 2. The zero-order chi connectivity index (χ0) is 94.1. The van der Waals surface area contributed by atoms with E-state index in [1.165, 1.54) is 57.9 Å². The van der Waals surface area contributed by atoms with E-state index in [1.807, 2.05) is 36.4 Å². The first-order chi connectivity index (χ1) is 64.1. The topological polar surface area (TPSA) is 333 Å². The summed E-state index contributed by atoms with van der Waals surface area (Å²) in [4.78, 5) is 85.0. The number of anilines is 2. The molecule has 6 aliphatic heterocycles. The van der Waals surface area contributed by atoms with Gasteiger partial charge in [-0.3, -0.25) is 39.6 Å². The molecule has 8 aliphatic rings. The van der Waals surface area contributed by atoms with Crippen molar-refractivity contribution < 1.29 is 55.2 Å². The van der Waals surface area contributed by atoms with Gasteiger partial charge in [0.05, 0.1) is 67.5 Å². The van der Waals surface area contributed by atoms with Gasteiger partial charge in [-0.25, -0.2) is 36.2 Å². The highest BCUT2D eigenvalue weighted by Gasteiger charge is 2.39. The van der Waals surface area contributed by atoms with E-state index >= 15 is 0 Å². The first kappa shape index (κ1) is 94.7. The smallest absolute Gasteiger partial charge is 0.277 e. The molecule has 0 unspecified atom stereocenters. The molecule has 2 aliphatic carbocycles. The van der Waals surface area contributed by atoms with E-state index in [4.69, 9.17) is 42.1 Å². The maximum Gasteiger partial charge on any atom is 0.277 e.